The van der Waals surface area contributed by atoms with E-state index in [2.05, 4.69) is 36.1 Å². The predicted octanol–water partition coefficient (Wildman–Crippen LogP) is 3.45. The average Bonchev–Trinajstić information content (AvgIpc) is 2.49. The minimum atomic E-state index is -0.165. The molecule has 1 aliphatic heterocycles. The number of benzene rings is 2. The van der Waals surface area contributed by atoms with Crippen LogP contribution in [0.25, 0.3) is 0 Å². The van der Waals surface area contributed by atoms with Crippen molar-refractivity contribution in [1.82, 2.24) is 4.90 Å². The number of halogens is 1. The summed E-state index contributed by atoms with van der Waals surface area (Å²) in [4.78, 5) is 2.39. The Kier molecular flexibility index (Phi) is 4.55. The van der Waals surface area contributed by atoms with Gasteiger partial charge in [0.15, 0.2) is 0 Å². The number of likely N-dealkylation sites (tertiary alicyclic amines) is 1. The van der Waals surface area contributed by atoms with Gasteiger partial charge in [-0.25, -0.2) is 4.39 Å². The van der Waals surface area contributed by atoms with Gasteiger partial charge >= 0.3 is 0 Å². The minimum absolute atomic E-state index is 0.144. The molecule has 3 heteroatoms. The van der Waals surface area contributed by atoms with Crippen molar-refractivity contribution in [3.63, 3.8) is 0 Å². The third-order valence-corrected chi connectivity index (χ3v) is 4.53. The number of nitrogens with two attached hydrogens (primary N) is 1. The Balaban J connectivity index is 1.75. The van der Waals surface area contributed by atoms with Crippen LogP contribution in [0.4, 0.5) is 4.39 Å². The van der Waals surface area contributed by atoms with E-state index in [1.165, 1.54) is 17.2 Å². The lowest BCUT2D eigenvalue weighted by molar-refractivity contribution is 0.181. The van der Waals surface area contributed by atoms with Gasteiger partial charge in [0, 0.05) is 25.7 Å². The Morgan fingerprint density at radius 1 is 1.14 bits per heavy atom. The molecule has 1 aliphatic rings. The van der Waals surface area contributed by atoms with Gasteiger partial charge in [-0.15, -0.1) is 0 Å². The van der Waals surface area contributed by atoms with Crippen molar-refractivity contribution < 1.29 is 4.39 Å². The number of hydrogen-bond donors (Lipinski definition) is 1. The maximum absolute atomic E-state index is 13.5. The van der Waals surface area contributed by atoms with Gasteiger partial charge in [0.05, 0.1) is 0 Å². The summed E-state index contributed by atoms with van der Waals surface area (Å²) in [6.45, 7) is 4.89. The van der Waals surface area contributed by atoms with Crippen LogP contribution in [0.5, 0.6) is 0 Å². The van der Waals surface area contributed by atoms with Gasteiger partial charge in [-0.05, 0) is 48.1 Å². The molecule has 0 aromatic heterocycles. The Labute approximate surface area is 131 Å². The quantitative estimate of drug-likeness (QED) is 0.940. The third kappa shape index (κ3) is 3.54. The van der Waals surface area contributed by atoms with Gasteiger partial charge in [-0.1, -0.05) is 36.4 Å². The molecule has 0 saturated carbocycles. The molecule has 0 radical (unpaired) electrons. The summed E-state index contributed by atoms with van der Waals surface area (Å²) in [7, 11) is 0. The molecule has 116 valence electrons. The van der Waals surface area contributed by atoms with E-state index < -0.39 is 0 Å². The SMILES string of the molecule is Cc1ccccc1CN1CC(N)CC(c2cccc(F)c2)C1. The molecular formula is C19H23FN2. The second-order valence-electron chi connectivity index (χ2n) is 6.37. The highest BCUT2D eigenvalue weighted by molar-refractivity contribution is 5.26. The maximum Gasteiger partial charge on any atom is 0.123 e. The average molecular weight is 298 g/mol. The Bertz CT molecular complexity index is 641. The van der Waals surface area contributed by atoms with E-state index in [-0.39, 0.29) is 11.9 Å². The van der Waals surface area contributed by atoms with Crippen molar-refractivity contribution >= 4 is 0 Å². The predicted molar refractivity (Wildman–Crippen MR) is 88.2 cm³/mol. The molecule has 1 saturated heterocycles. The van der Waals surface area contributed by atoms with E-state index in [1.54, 1.807) is 12.1 Å². The second kappa shape index (κ2) is 6.59. The number of rotatable bonds is 3. The first-order valence-electron chi connectivity index (χ1n) is 7.89. The first kappa shape index (κ1) is 15.2. The van der Waals surface area contributed by atoms with Crippen LogP contribution in [0.1, 0.15) is 29.0 Å². The molecule has 3 rings (SSSR count). The van der Waals surface area contributed by atoms with Gasteiger partial charge in [-0.2, -0.15) is 0 Å². The van der Waals surface area contributed by atoms with Gasteiger partial charge in [0.2, 0.25) is 0 Å². The number of aryl methyl sites for hydroxylation is 1. The van der Waals surface area contributed by atoms with Crippen LogP contribution >= 0.6 is 0 Å². The molecule has 0 spiro atoms. The molecule has 0 amide bonds. The minimum Gasteiger partial charge on any atom is -0.327 e. The molecule has 2 unspecified atom stereocenters. The van der Waals surface area contributed by atoms with Crippen LogP contribution in [-0.4, -0.2) is 24.0 Å². The van der Waals surface area contributed by atoms with Crippen molar-refractivity contribution in [3.05, 3.63) is 71.0 Å². The molecule has 0 aliphatic carbocycles. The van der Waals surface area contributed by atoms with E-state index in [9.17, 15) is 4.39 Å². The zero-order valence-corrected chi connectivity index (χ0v) is 13.0. The second-order valence-corrected chi connectivity index (χ2v) is 6.37. The summed E-state index contributed by atoms with van der Waals surface area (Å²) in [6, 6.07) is 15.5. The van der Waals surface area contributed by atoms with Gasteiger partial charge < -0.3 is 5.73 Å². The normalized spacial score (nSPS) is 22.7. The molecule has 0 bridgehead atoms. The number of piperidine rings is 1. The molecule has 2 aromatic carbocycles. The van der Waals surface area contributed by atoms with Crippen LogP contribution in [0.15, 0.2) is 48.5 Å². The van der Waals surface area contributed by atoms with Gasteiger partial charge in [-0.3, -0.25) is 4.90 Å². The highest BCUT2D eigenvalue weighted by Crippen LogP contribution is 2.28. The summed E-state index contributed by atoms with van der Waals surface area (Å²) in [6.07, 6.45) is 0.924. The highest BCUT2D eigenvalue weighted by Gasteiger charge is 2.26. The first-order chi connectivity index (χ1) is 10.6. The number of hydrogen-bond acceptors (Lipinski definition) is 2. The van der Waals surface area contributed by atoms with Crippen LogP contribution in [-0.2, 0) is 6.54 Å². The van der Waals surface area contributed by atoms with Crippen molar-refractivity contribution in [3.8, 4) is 0 Å². The zero-order valence-electron chi connectivity index (χ0n) is 13.0. The largest absolute Gasteiger partial charge is 0.327 e. The Morgan fingerprint density at radius 3 is 2.73 bits per heavy atom. The summed E-state index contributed by atoms with van der Waals surface area (Å²) >= 11 is 0. The molecule has 1 fully saturated rings. The molecule has 2 atom stereocenters. The van der Waals surface area contributed by atoms with Crippen LogP contribution in [0.2, 0.25) is 0 Å². The third-order valence-electron chi connectivity index (χ3n) is 4.53. The first-order valence-corrected chi connectivity index (χ1v) is 7.89. The van der Waals surface area contributed by atoms with Crippen molar-refractivity contribution in [2.24, 2.45) is 5.73 Å². The molecule has 22 heavy (non-hydrogen) atoms. The van der Waals surface area contributed by atoms with Crippen molar-refractivity contribution in [2.75, 3.05) is 13.1 Å². The lowest BCUT2D eigenvalue weighted by Crippen LogP contribution is -2.45. The van der Waals surface area contributed by atoms with Crippen LogP contribution in [0.3, 0.4) is 0 Å². The standard InChI is InChI=1S/C19H23FN2/c1-14-5-2-3-6-16(14)11-22-12-17(10-19(21)13-22)15-7-4-8-18(20)9-15/h2-9,17,19H,10-13,21H2,1H3. The van der Waals surface area contributed by atoms with E-state index in [1.807, 2.05) is 6.07 Å². The fourth-order valence-corrected chi connectivity index (χ4v) is 3.39. The molecule has 2 N–H and O–H groups in total. The summed E-state index contributed by atoms with van der Waals surface area (Å²) in [5.74, 6) is 0.144. The van der Waals surface area contributed by atoms with Crippen LogP contribution < -0.4 is 5.73 Å². The fraction of sp³-hybridized carbons (Fsp3) is 0.368. The van der Waals surface area contributed by atoms with E-state index in [0.717, 1.165) is 31.6 Å². The summed E-state index contributed by atoms with van der Waals surface area (Å²) in [5, 5.41) is 0. The smallest absolute Gasteiger partial charge is 0.123 e. The van der Waals surface area contributed by atoms with E-state index in [4.69, 9.17) is 5.73 Å². The van der Waals surface area contributed by atoms with Gasteiger partial charge in [0.25, 0.3) is 0 Å². The van der Waals surface area contributed by atoms with E-state index >= 15 is 0 Å². The van der Waals surface area contributed by atoms with Crippen LogP contribution in [0, 0.1) is 12.7 Å². The molecule has 2 nitrogen and oxygen atoms in total. The Morgan fingerprint density at radius 2 is 1.95 bits per heavy atom. The lowest BCUT2D eigenvalue weighted by Gasteiger charge is -2.37. The Hall–Kier alpha value is -1.71. The summed E-state index contributed by atoms with van der Waals surface area (Å²) in [5.41, 5.74) is 9.96. The molecule has 2 aromatic rings. The summed E-state index contributed by atoms with van der Waals surface area (Å²) < 4.78 is 13.5. The topological polar surface area (TPSA) is 29.3 Å². The molecular weight excluding hydrogens is 275 g/mol. The van der Waals surface area contributed by atoms with Crippen molar-refractivity contribution in [2.45, 2.75) is 31.8 Å². The van der Waals surface area contributed by atoms with E-state index in [0.29, 0.717) is 5.92 Å². The number of nitrogens with zero attached hydrogens (tertiary/aromatic N) is 1. The zero-order chi connectivity index (χ0) is 15.5. The lowest BCUT2D eigenvalue weighted by atomic mass is 9.88. The van der Waals surface area contributed by atoms with Gasteiger partial charge in [0.1, 0.15) is 5.82 Å². The fourth-order valence-electron chi connectivity index (χ4n) is 3.39. The highest BCUT2D eigenvalue weighted by atomic mass is 19.1. The monoisotopic (exact) mass is 298 g/mol. The maximum atomic E-state index is 13.5. The van der Waals surface area contributed by atoms with Crippen molar-refractivity contribution in [1.29, 1.82) is 0 Å². The molecule has 1 heterocycles.